The standard InChI is InChI=1S/C16H20FNO4/c1-3-4-9-18-15(19)11-22-16(20)8-6-12-5-7-14(21-2)13(17)10-12/h5-8,10H,3-4,9,11H2,1-2H3,(H,18,19)/b8-6+. The lowest BCUT2D eigenvalue weighted by atomic mass is 10.2. The molecule has 0 aliphatic heterocycles. The van der Waals surface area contributed by atoms with Gasteiger partial charge in [0.25, 0.3) is 5.91 Å². The summed E-state index contributed by atoms with van der Waals surface area (Å²) in [6, 6.07) is 4.30. The van der Waals surface area contributed by atoms with Crippen molar-refractivity contribution in [3.8, 4) is 5.75 Å². The second-order valence-corrected chi connectivity index (χ2v) is 4.54. The SMILES string of the molecule is CCCCNC(=O)COC(=O)/C=C/c1ccc(OC)c(F)c1. The number of esters is 1. The van der Waals surface area contributed by atoms with Gasteiger partial charge in [-0.2, -0.15) is 0 Å². The van der Waals surface area contributed by atoms with Gasteiger partial charge >= 0.3 is 5.97 Å². The fourth-order valence-corrected chi connectivity index (χ4v) is 1.59. The fourth-order valence-electron chi connectivity index (χ4n) is 1.59. The van der Waals surface area contributed by atoms with Crippen LogP contribution in [0.4, 0.5) is 4.39 Å². The van der Waals surface area contributed by atoms with Gasteiger partial charge in [-0.05, 0) is 30.2 Å². The number of hydrogen-bond acceptors (Lipinski definition) is 4. The summed E-state index contributed by atoms with van der Waals surface area (Å²) in [5, 5.41) is 2.63. The van der Waals surface area contributed by atoms with Crippen LogP contribution >= 0.6 is 0 Å². The zero-order chi connectivity index (χ0) is 16.4. The Balaban J connectivity index is 2.41. The summed E-state index contributed by atoms with van der Waals surface area (Å²) in [4.78, 5) is 22.8. The van der Waals surface area contributed by atoms with E-state index in [4.69, 9.17) is 9.47 Å². The smallest absolute Gasteiger partial charge is 0.331 e. The van der Waals surface area contributed by atoms with Crippen LogP contribution in [0.1, 0.15) is 25.3 Å². The Bertz CT molecular complexity index is 543. The van der Waals surface area contributed by atoms with E-state index in [1.54, 1.807) is 6.07 Å². The quantitative estimate of drug-likeness (QED) is 0.455. The minimum atomic E-state index is -0.665. The Morgan fingerprint density at radius 2 is 2.14 bits per heavy atom. The summed E-state index contributed by atoms with van der Waals surface area (Å²) < 4.78 is 23.0. The Labute approximate surface area is 129 Å². The number of ether oxygens (including phenoxy) is 2. The third-order valence-corrected chi connectivity index (χ3v) is 2.79. The predicted molar refractivity (Wildman–Crippen MR) is 80.9 cm³/mol. The predicted octanol–water partition coefficient (Wildman–Crippen LogP) is 2.31. The fraction of sp³-hybridized carbons (Fsp3) is 0.375. The lowest BCUT2D eigenvalue weighted by Gasteiger charge is -2.04. The first-order valence-electron chi connectivity index (χ1n) is 7.02. The minimum Gasteiger partial charge on any atom is -0.494 e. The van der Waals surface area contributed by atoms with Crippen LogP contribution < -0.4 is 10.1 Å². The van der Waals surface area contributed by atoms with Crippen LogP contribution in [0.2, 0.25) is 0 Å². The van der Waals surface area contributed by atoms with Crippen molar-refractivity contribution in [2.24, 2.45) is 0 Å². The molecule has 1 aromatic carbocycles. The molecular formula is C16H20FNO4. The molecule has 0 spiro atoms. The number of rotatable bonds is 8. The summed E-state index contributed by atoms with van der Waals surface area (Å²) in [6.07, 6.45) is 4.39. The van der Waals surface area contributed by atoms with Crippen molar-refractivity contribution in [2.75, 3.05) is 20.3 Å². The van der Waals surface area contributed by atoms with Gasteiger partial charge in [0.05, 0.1) is 7.11 Å². The van der Waals surface area contributed by atoms with E-state index >= 15 is 0 Å². The van der Waals surface area contributed by atoms with E-state index < -0.39 is 11.8 Å². The molecule has 120 valence electrons. The van der Waals surface area contributed by atoms with Crippen molar-refractivity contribution >= 4 is 18.0 Å². The van der Waals surface area contributed by atoms with E-state index in [1.165, 1.54) is 25.3 Å². The molecule has 5 nitrogen and oxygen atoms in total. The van der Waals surface area contributed by atoms with Crippen LogP contribution in [0.3, 0.4) is 0 Å². The molecule has 0 atom stereocenters. The molecule has 0 unspecified atom stereocenters. The summed E-state index contributed by atoms with van der Waals surface area (Å²) >= 11 is 0. The number of benzene rings is 1. The average Bonchev–Trinajstić information content (AvgIpc) is 2.51. The molecule has 0 aliphatic rings. The van der Waals surface area contributed by atoms with Crippen molar-refractivity contribution in [3.63, 3.8) is 0 Å². The summed E-state index contributed by atoms with van der Waals surface area (Å²) in [7, 11) is 1.37. The van der Waals surface area contributed by atoms with Gasteiger partial charge in [0.2, 0.25) is 0 Å². The number of nitrogens with one attached hydrogen (secondary N) is 1. The maximum absolute atomic E-state index is 13.4. The lowest BCUT2D eigenvalue weighted by Crippen LogP contribution is -2.29. The van der Waals surface area contributed by atoms with E-state index in [1.807, 2.05) is 6.92 Å². The minimum absolute atomic E-state index is 0.128. The van der Waals surface area contributed by atoms with E-state index in [2.05, 4.69) is 5.32 Å². The largest absolute Gasteiger partial charge is 0.494 e. The third-order valence-electron chi connectivity index (χ3n) is 2.79. The molecular weight excluding hydrogens is 289 g/mol. The molecule has 1 N–H and O–H groups in total. The Morgan fingerprint density at radius 1 is 1.36 bits per heavy atom. The van der Waals surface area contributed by atoms with Crippen molar-refractivity contribution < 1.29 is 23.5 Å². The van der Waals surface area contributed by atoms with Crippen molar-refractivity contribution in [2.45, 2.75) is 19.8 Å². The van der Waals surface area contributed by atoms with E-state index in [0.29, 0.717) is 12.1 Å². The maximum Gasteiger partial charge on any atom is 0.331 e. The van der Waals surface area contributed by atoms with Gasteiger partial charge < -0.3 is 14.8 Å². The second-order valence-electron chi connectivity index (χ2n) is 4.54. The van der Waals surface area contributed by atoms with E-state index in [-0.39, 0.29) is 18.3 Å². The highest BCUT2D eigenvalue weighted by Gasteiger charge is 2.05. The molecule has 0 radical (unpaired) electrons. The first-order valence-corrected chi connectivity index (χ1v) is 7.02. The number of carbonyl (C=O) groups is 2. The van der Waals surface area contributed by atoms with Crippen LogP contribution in [0, 0.1) is 5.82 Å². The summed E-state index contributed by atoms with van der Waals surface area (Å²) in [6.45, 7) is 2.25. The maximum atomic E-state index is 13.4. The molecule has 0 saturated carbocycles. The molecule has 6 heteroatoms. The van der Waals surface area contributed by atoms with Gasteiger partial charge in [0.1, 0.15) is 0 Å². The first-order chi connectivity index (χ1) is 10.6. The highest BCUT2D eigenvalue weighted by atomic mass is 19.1. The van der Waals surface area contributed by atoms with Crippen LogP contribution in [-0.4, -0.2) is 32.1 Å². The van der Waals surface area contributed by atoms with Gasteiger partial charge in [-0.1, -0.05) is 19.4 Å². The molecule has 22 heavy (non-hydrogen) atoms. The van der Waals surface area contributed by atoms with Crippen LogP contribution in [0.15, 0.2) is 24.3 Å². The van der Waals surface area contributed by atoms with Gasteiger partial charge in [-0.15, -0.1) is 0 Å². The lowest BCUT2D eigenvalue weighted by molar-refractivity contribution is -0.143. The topological polar surface area (TPSA) is 64.6 Å². The molecule has 0 aromatic heterocycles. The molecule has 0 fully saturated rings. The zero-order valence-electron chi connectivity index (χ0n) is 12.7. The number of carbonyl (C=O) groups excluding carboxylic acids is 2. The summed E-state index contributed by atoms with van der Waals surface area (Å²) in [5.41, 5.74) is 0.489. The molecule has 0 aliphatic carbocycles. The highest BCUT2D eigenvalue weighted by Crippen LogP contribution is 2.18. The Morgan fingerprint density at radius 3 is 2.77 bits per heavy atom. The summed E-state index contributed by atoms with van der Waals surface area (Å²) in [5.74, 6) is -1.40. The second kappa shape index (κ2) is 9.55. The number of unbranched alkanes of at least 4 members (excludes halogenated alkanes) is 1. The molecule has 1 amide bonds. The number of halogens is 1. The Hall–Kier alpha value is -2.37. The molecule has 1 aromatic rings. The number of methoxy groups -OCH3 is 1. The van der Waals surface area contributed by atoms with Crippen molar-refractivity contribution in [1.82, 2.24) is 5.32 Å². The van der Waals surface area contributed by atoms with E-state index in [9.17, 15) is 14.0 Å². The average molecular weight is 309 g/mol. The van der Waals surface area contributed by atoms with Gasteiger partial charge in [0, 0.05) is 12.6 Å². The zero-order valence-corrected chi connectivity index (χ0v) is 12.7. The van der Waals surface area contributed by atoms with Gasteiger partial charge in [-0.25, -0.2) is 9.18 Å². The molecule has 0 heterocycles. The monoisotopic (exact) mass is 309 g/mol. The Kier molecular flexibility index (Phi) is 7.67. The number of amides is 1. The normalized spacial score (nSPS) is 10.5. The van der Waals surface area contributed by atoms with Crippen molar-refractivity contribution in [3.05, 3.63) is 35.7 Å². The third kappa shape index (κ3) is 6.39. The molecule has 0 saturated heterocycles. The highest BCUT2D eigenvalue weighted by molar-refractivity contribution is 5.89. The first kappa shape index (κ1) is 17.7. The van der Waals surface area contributed by atoms with Crippen LogP contribution in [0.5, 0.6) is 5.75 Å². The van der Waals surface area contributed by atoms with Crippen molar-refractivity contribution in [1.29, 1.82) is 0 Å². The van der Waals surface area contributed by atoms with Crippen LogP contribution in [-0.2, 0) is 14.3 Å². The molecule has 1 rings (SSSR count). The molecule has 0 bridgehead atoms. The van der Waals surface area contributed by atoms with Crippen LogP contribution in [0.25, 0.3) is 6.08 Å². The van der Waals surface area contributed by atoms with E-state index in [0.717, 1.165) is 18.9 Å². The van der Waals surface area contributed by atoms with Gasteiger partial charge in [-0.3, -0.25) is 4.79 Å². The number of hydrogen-bond donors (Lipinski definition) is 1. The van der Waals surface area contributed by atoms with Gasteiger partial charge in [0.15, 0.2) is 18.2 Å².